The Morgan fingerprint density at radius 1 is 1.09 bits per heavy atom. The summed E-state index contributed by atoms with van der Waals surface area (Å²) in [5.41, 5.74) is 10.5. The van der Waals surface area contributed by atoms with E-state index in [-0.39, 0.29) is 31.4 Å². The van der Waals surface area contributed by atoms with Crippen LogP contribution in [0, 0.1) is 0 Å². The highest BCUT2D eigenvalue weighted by atomic mass is 16.8. The molecule has 3 aliphatic rings. The van der Waals surface area contributed by atoms with E-state index < -0.39 is 53.9 Å². The number of nitrogens with one attached hydrogen (secondary N) is 1. The Hall–Kier alpha value is -1.99. The smallest absolute Gasteiger partial charge is 0.326 e. The number of guanidine groups is 1. The number of carboxylic acids is 1. The van der Waals surface area contributed by atoms with Gasteiger partial charge in [-0.2, -0.15) is 0 Å². The van der Waals surface area contributed by atoms with Crippen LogP contribution in [0.15, 0.2) is 4.99 Å². The molecule has 3 rings (SSSR count). The fourth-order valence-corrected chi connectivity index (χ4v) is 4.25. The lowest BCUT2D eigenvalue weighted by atomic mass is 10.0. The molecule has 12 nitrogen and oxygen atoms in total. The highest BCUT2D eigenvalue weighted by Gasteiger charge is 2.59. The van der Waals surface area contributed by atoms with E-state index in [1.54, 1.807) is 13.8 Å². The van der Waals surface area contributed by atoms with Gasteiger partial charge in [-0.15, -0.1) is 0 Å². The molecular weight excluding hydrogens is 424 g/mol. The molecule has 0 spiro atoms. The van der Waals surface area contributed by atoms with Gasteiger partial charge in [-0.25, -0.2) is 4.79 Å². The molecule has 3 aliphatic heterocycles. The Morgan fingerprint density at radius 3 is 2.38 bits per heavy atom. The molecule has 32 heavy (non-hydrogen) atoms. The van der Waals surface area contributed by atoms with Gasteiger partial charge in [0.25, 0.3) is 0 Å². The van der Waals surface area contributed by atoms with E-state index in [1.165, 1.54) is 0 Å². The molecule has 3 heterocycles. The number of nitrogens with two attached hydrogens (primary N) is 2. The van der Waals surface area contributed by atoms with Crippen LogP contribution in [-0.2, 0) is 33.3 Å². The Balaban J connectivity index is 1.60. The van der Waals surface area contributed by atoms with Crippen molar-refractivity contribution < 1.29 is 38.4 Å². The van der Waals surface area contributed by atoms with Crippen molar-refractivity contribution in [3.8, 4) is 0 Å². The normalized spacial score (nSPS) is 33.4. The highest BCUT2D eigenvalue weighted by molar-refractivity contribution is 5.83. The maximum atomic E-state index is 12.7. The number of carbonyl (C=O) groups is 2. The van der Waals surface area contributed by atoms with Crippen molar-refractivity contribution in [1.82, 2.24) is 5.32 Å². The summed E-state index contributed by atoms with van der Waals surface area (Å²) in [6, 6.07) is -1.06. The topological polar surface area (TPSA) is 177 Å². The largest absolute Gasteiger partial charge is 0.480 e. The average molecular weight is 459 g/mol. The van der Waals surface area contributed by atoms with Crippen molar-refractivity contribution in [1.29, 1.82) is 0 Å². The van der Waals surface area contributed by atoms with Gasteiger partial charge in [0.15, 0.2) is 17.5 Å². The molecule has 0 aliphatic carbocycles. The molecule has 6 atom stereocenters. The molecule has 0 aromatic heterocycles. The van der Waals surface area contributed by atoms with Gasteiger partial charge < -0.3 is 45.6 Å². The number of carbonyl (C=O) groups excluding carboxylic acids is 1. The molecule has 182 valence electrons. The molecule has 0 unspecified atom stereocenters. The van der Waals surface area contributed by atoms with Gasteiger partial charge in [-0.1, -0.05) is 0 Å². The minimum Gasteiger partial charge on any atom is -0.480 e. The molecule has 0 saturated carbocycles. The zero-order valence-electron chi connectivity index (χ0n) is 18.9. The van der Waals surface area contributed by atoms with Crippen molar-refractivity contribution in [3.63, 3.8) is 0 Å². The summed E-state index contributed by atoms with van der Waals surface area (Å²) in [5.74, 6) is -3.23. The first kappa shape index (κ1) is 24.6. The van der Waals surface area contributed by atoms with Crippen LogP contribution in [0.4, 0.5) is 0 Å². The molecule has 3 fully saturated rings. The van der Waals surface area contributed by atoms with E-state index in [4.69, 9.17) is 35.2 Å². The predicted molar refractivity (Wildman–Crippen MR) is 111 cm³/mol. The standard InChI is InChI=1S/C20H34N4O8/c1-19(2)28-9-12(30-19)14-16-15(31-20(3,4)32-16)11(29-14)8-13(25)24-10(17(26)27)6-5-7-23-18(21)22/h10-12,14-16H,5-9H2,1-4H3,(H,24,25)(H,26,27)(H4,21,22,23)/t10-,11+,12+,14-,15-,16+/m0/s1. The summed E-state index contributed by atoms with van der Waals surface area (Å²) < 4.78 is 29.8. The van der Waals surface area contributed by atoms with Gasteiger partial charge in [0, 0.05) is 6.54 Å². The van der Waals surface area contributed by atoms with Crippen LogP contribution in [0.1, 0.15) is 47.0 Å². The van der Waals surface area contributed by atoms with Crippen LogP contribution < -0.4 is 16.8 Å². The Bertz CT molecular complexity index is 739. The van der Waals surface area contributed by atoms with Gasteiger partial charge in [0.2, 0.25) is 5.91 Å². The summed E-state index contributed by atoms with van der Waals surface area (Å²) in [6.45, 7) is 7.84. The second-order valence-corrected chi connectivity index (χ2v) is 9.18. The van der Waals surface area contributed by atoms with Gasteiger partial charge in [0.05, 0.1) is 19.1 Å². The van der Waals surface area contributed by atoms with Crippen LogP contribution in [0.2, 0.25) is 0 Å². The number of nitrogens with zero attached hydrogens (tertiary/aromatic N) is 1. The van der Waals surface area contributed by atoms with Crippen molar-refractivity contribution >= 4 is 17.8 Å². The number of aliphatic imine (C=N–C) groups is 1. The van der Waals surface area contributed by atoms with E-state index >= 15 is 0 Å². The van der Waals surface area contributed by atoms with Crippen molar-refractivity contribution in [2.75, 3.05) is 13.2 Å². The lowest BCUT2D eigenvalue weighted by molar-refractivity contribution is -0.207. The van der Waals surface area contributed by atoms with Crippen LogP contribution >= 0.6 is 0 Å². The third kappa shape index (κ3) is 6.07. The third-order valence-corrected chi connectivity index (χ3v) is 5.55. The van der Waals surface area contributed by atoms with E-state index in [9.17, 15) is 14.7 Å². The first-order valence-corrected chi connectivity index (χ1v) is 10.8. The van der Waals surface area contributed by atoms with E-state index in [0.29, 0.717) is 13.0 Å². The van der Waals surface area contributed by atoms with Gasteiger partial charge in [0.1, 0.15) is 30.5 Å². The molecule has 12 heteroatoms. The second kappa shape index (κ2) is 9.48. The summed E-state index contributed by atoms with van der Waals surface area (Å²) in [6.07, 6.45) is -1.87. The van der Waals surface area contributed by atoms with E-state index in [0.717, 1.165) is 0 Å². The Kier molecular flexibility index (Phi) is 7.30. The second-order valence-electron chi connectivity index (χ2n) is 9.18. The van der Waals surface area contributed by atoms with Crippen LogP contribution in [0.5, 0.6) is 0 Å². The quantitative estimate of drug-likeness (QED) is 0.199. The number of fused-ring (bicyclic) bond motifs is 1. The highest BCUT2D eigenvalue weighted by Crippen LogP contribution is 2.43. The van der Waals surface area contributed by atoms with Gasteiger partial charge in [-0.3, -0.25) is 9.79 Å². The number of ether oxygens (including phenoxy) is 5. The molecule has 0 bridgehead atoms. The van der Waals surface area contributed by atoms with Crippen LogP contribution in [0.25, 0.3) is 0 Å². The third-order valence-electron chi connectivity index (χ3n) is 5.55. The van der Waals surface area contributed by atoms with E-state index in [2.05, 4.69) is 10.3 Å². The lowest BCUT2D eigenvalue weighted by Gasteiger charge is -2.27. The maximum Gasteiger partial charge on any atom is 0.326 e. The van der Waals surface area contributed by atoms with Gasteiger partial charge >= 0.3 is 5.97 Å². The van der Waals surface area contributed by atoms with Crippen molar-refractivity contribution in [2.24, 2.45) is 16.5 Å². The number of aliphatic carboxylic acids is 1. The fraction of sp³-hybridized carbons (Fsp3) is 0.850. The summed E-state index contributed by atoms with van der Waals surface area (Å²) in [4.78, 5) is 28.0. The van der Waals surface area contributed by atoms with E-state index in [1.807, 2.05) is 13.8 Å². The summed E-state index contributed by atoms with van der Waals surface area (Å²) in [5, 5.41) is 12.0. The molecule has 6 N–H and O–H groups in total. The van der Waals surface area contributed by atoms with Crippen LogP contribution in [0.3, 0.4) is 0 Å². The first-order valence-electron chi connectivity index (χ1n) is 10.8. The minimum atomic E-state index is -1.13. The zero-order chi connectivity index (χ0) is 23.7. The van der Waals surface area contributed by atoms with Crippen molar-refractivity contribution in [2.45, 2.75) is 95.1 Å². The maximum absolute atomic E-state index is 12.7. The lowest BCUT2D eigenvalue weighted by Crippen LogP contribution is -2.43. The molecule has 3 saturated heterocycles. The molecular formula is C20H34N4O8. The first-order chi connectivity index (χ1) is 14.9. The monoisotopic (exact) mass is 458 g/mol. The fourth-order valence-electron chi connectivity index (χ4n) is 4.25. The number of carboxylic acid groups (broad SMARTS) is 1. The Labute approximate surface area is 186 Å². The number of amides is 1. The molecule has 0 radical (unpaired) electrons. The average Bonchev–Trinajstić information content (AvgIpc) is 3.28. The minimum absolute atomic E-state index is 0.0647. The Morgan fingerprint density at radius 2 is 1.78 bits per heavy atom. The predicted octanol–water partition coefficient (Wildman–Crippen LogP) is -0.561. The zero-order valence-corrected chi connectivity index (χ0v) is 18.9. The van der Waals surface area contributed by atoms with Crippen LogP contribution in [-0.4, -0.2) is 84.2 Å². The number of hydrogen-bond donors (Lipinski definition) is 4. The molecule has 0 aromatic rings. The summed E-state index contributed by atoms with van der Waals surface area (Å²) in [7, 11) is 0. The molecule has 0 aromatic carbocycles. The molecule has 1 amide bonds. The van der Waals surface area contributed by atoms with Gasteiger partial charge in [-0.05, 0) is 40.5 Å². The van der Waals surface area contributed by atoms with Crippen molar-refractivity contribution in [3.05, 3.63) is 0 Å². The number of hydrogen-bond acceptors (Lipinski definition) is 8. The SMILES string of the molecule is CC1(C)O[C@H]2[C@@H](O1)[C@@H](CC(=O)N[C@@H](CCCN=C(N)N)C(=O)O)O[C@H]2[C@H]1COC(C)(C)O1. The summed E-state index contributed by atoms with van der Waals surface area (Å²) >= 11 is 0. The number of rotatable bonds is 9.